The molecule has 2 atom stereocenters. The van der Waals surface area contributed by atoms with Crippen molar-refractivity contribution in [1.82, 2.24) is 10.3 Å². The number of hydrogen-bond donors (Lipinski definition) is 1. The van der Waals surface area contributed by atoms with E-state index in [1.807, 2.05) is 7.05 Å². The van der Waals surface area contributed by atoms with E-state index < -0.39 is 0 Å². The minimum atomic E-state index is 0.316. The van der Waals surface area contributed by atoms with Crippen LogP contribution in [0.4, 0.5) is 5.13 Å². The van der Waals surface area contributed by atoms with Gasteiger partial charge < -0.3 is 15.0 Å². The number of rotatable bonds is 5. The third kappa shape index (κ3) is 3.18. The van der Waals surface area contributed by atoms with Gasteiger partial charge in [-0.25, -0.2) is 4.98 Å². The molecule has 5 heteroatoms. The Morgan fingerprint density at radius 3 is 3.18 bits per heavy atom. The van der Waals surface area contributed by atoms with E-state index in [9.17, 15) is 0 Å². The summed E-state index contributed by atoms with van der Waals surface area (Å²) in [5.74, 6) is 0. The maximum atomic E-state index is 5.64. The molecule has 2 unspecified atom stereocenters. The van der Waals surface area contributed by atoms with Crippen molar-refractivity contribution in [2.45, 2.75) is 31.9 Å². The lowest BCUT2D eigenvalue weighted by Gasteiger charge is -2.19. The zero-order valence-electron chi connectivity index (χ0n) is 10.8. The van der Waals surface area contributed by atoms with Gasteiger partial charge in [0.25, 0.3) is 0 Å². The fraction of sp³-hybridized carbons (Fsp3) is 0.750. The molecule has 1 aliphatic heterocycles. The fourth-order valence-electron chi connectivity index (χ4n) is 1.97. The van der Waals surface area contributed by atoms with Gasteiger partial charge in [-0.2, -0.15) is 0 Å². The summed E-state index contributed by atoms with van der Waals surface area (Å²) in [5.41, 5.74) is 1.12. The normalized spacial score (nSPS) is 21.7. The van der Waals surface area contributed by atoms with Crippen molar-refractivity contribution in [2.24, 2.45) is 0 Å². The Bertz CT molecular complexity index is 349. The van der Waals surface area contributed by atoms with Crippen molar-refractivity contribution in [3.8, 4) is 0 Å². The first-order valence-electron chi connectivity index (χ1n) is 6.16. The average molecular weight is 255 g/mol. The van der Waals surface area contributed by atoms with Crippen LogP contribution in [0, 0.1) is 0 Å². The van der Waals surface area contributed by atoms with Crippen LogP contribution in [0.15, 0.2) is 5.38 Å². The largest absolute Gasteiger partial charge is 0.376 e. The van der Waals surface area contributed by atoms with Gasteiger partial charge in [-0.1, -0.05) is 0 Å². The van der Waals surface area contributed by atoms with Crippen LogP contribution in [0.3, 0.4) is 0 Å². The van der Waals surface area contributed by atoms with Crippen molar-refractivity contribution >= 4 is 16.5 Å². The van der Waals surface area contributed by atoms with Crippen molar-refractivity contribution in [3.63, 3.8) is 0 Å². The first-order valence-corrected chi connectivity index (χ1v) is 7.04. The Morgan fingerprint density at radius 2 is 2.53 bits per heavy atom. The summed E-state index contributed by atoms with van der Waals surface area (Å²) in [7, 11) is 4.05. The maximum Gasteiger partial charge on any atom is 0.185 e. The molecule has 0 saturated carbocycles. The summed E-state index contributed by atoms with van der Waals surface area (Å²) in [5, 5.41) is 6.42. The lowest BCUT2D eigenvalue weighted by molar-refractivity contribution is 0.116. The van der Waals surface area contributed by atoms with Gasteiger partial charge in [-0.05, 0) is 26.8 Å². The van der Waals surface area contributed by atoms with E-state index in [-0.39, 0.29) is 0 Å². The van der Waals surface area contributed by atoms with Crippen LogP contribution in [-0.2, 0) is 4.74 Å². The molecule has 1 saturated heterocycles. The first-order chi connectivity index (χ1) is 8.20. The maximum absolute atomic E-state index is 5.64. The third-order valence-corrected chi connectivity index (χ3v) is 4.19. The highest BCUT2D eigenvalue weighted by atomic mass is 32.1. The van der Waals surface area contributed by atoms with E-state index in [4.69, 9.17) is 4.74 Å². The highest BCUT2D eigenvalue weighted by Crippen LogP contribution is 2.24. The summed E-state index contributed by atoms with van der Waals surface area (Å²) in [6.45, 7) is 3.98. The molecule has 0 spiro atoms. The Labute approximate surface area is 107 Å². The molecule has 0 radical (unpaired) electrons. The highest BCUT2D eigenvalue weighted by molar-refractivity contribution is 7.13. The molecule has 17 heavy (non-hydrogen) atoms. The fourth-order valence-corrected chi connectivity index (χ4v) is 2.87. The molecule has 0 bridgehead atoms. The predicted octanol–water partition coefficient (Wildman–Crippen LogP) is 2.04. The molecule has 0 aliphatic carbocycles. The van der Waals surface area contributed by atoms with Crippen LogP contribution in [0.2, 0.25) is 0 Å². The smallest absolute Gasteiger partial charge is 0.185 e. The van der Waals surface area contributed by atoms with E-state index in [0.29, 0.717) is 12.1 Å². The van der Waals surface area contributed by atoms with E-state index >= 15 is 0 Å². The second-order valence-corrected chi connectivity index (χ2v) is 5.42. The van der Waals surface area contributed by atoms with Crippen molar-refractivity contribution in [2.75, 3.05) is 32.1 Å². The topological polar surface area (TPSA) is 37.4 Å². The van der Waals surface area contributed by atoms with E-state index in [1.54, 1.807) is 11.3 Å². The van der Waals surface area contributed by atoms with Gasteiger partial charge in [-0.15, -0.1) is 11.3 Å². The van der Waals surface area contributed by atoms with Gasteiger partial charge in [0.2, 0.25) is 0 Å². The molecule has 2 heterocycles. The van der Waals surface area contributed by atoms with Crippen LogP contribution >= 0.6 is 11.3 Å². The number of nitrogens with zero attached hydrogens (tertiary/aromatic N) is 2. The van der Waals surface area contributed by atoms with Crippen molar-refractivity contribution < 1.29 is 4.74 Å². The Balaban J connectivity index is 1.94. The number of aromatic nitrogens is 1. The molecule has 96 valence electrons. The molecule has 4 nitrogen and oxygen atoms in total. The van der Waals surface area contributed by atoms with Crippen LogP contribution < -0.4 is 10.2 Å². The van der Waals surface area contributed by atoms with Crippen LogP contribution in [-0.4, -0.2) is 38.3 Å². The quantitative estimate of drug-likeness (QED) is 0.873. The van der Waals surface area contributed by atoms with Gasteiger partial charge in [0.05, 0.1) is 11.8 Å². The zero-order chi connectivity index (χ0) is 12.3. The summed E-state index contributed by atoms with van der Waals surface area (Å²) in [6, 6.07) is 0.316. The summed E-state index contributed by atoms with van der Waals surface area (Å²) in [6.07, 6.45) is 2.75. The lowest BCUT2D eigenvalue weighted by Crippen LogP contribution is -2.28. The number of anilines is 1. The monoisotopic (exact) mass is 255 g/mol. The zero-order valence-corrected chi connectivity index (χ0v) is 11.6. The summed E-state index contributed by atoms with van der Waals surface area (Å²) >= 11 is 1.70. The van der Waals surface area contributed by atoms with Gasteiger partial charge in [0.1, 0.15) is 0 Å². The second kappa shape index (κ2) is 5.80. The molecule has 1 aliphatic rings. The van der Waals surface area contributed by atoms with Gasteiger partial charge >= 0.3 is 0 Å². The average Bonchev–Trinajstić information content (AvgIpc) is 2.98. The van der Waals surface area contributed by atoms with Gasteiger partial charge in [0, 0.05) is 31.6 Å². The first kappa shape index (κ1) is 12.8. The standard InChI is InChI=1S/C12H21N3OS/c1-9(13-2)11-8-17-12(14-11)15(3)7-10-5-4-6-16-10/h8-10,13H,4-7H2,1-3H3. The van der Waals surface area contributed by atoms with Crippen molar-refractivity contribution in [3.05, 3.63) is 11.1 Å². The Kier molecular flexibility index (Phi) is 4.36. The minimum absolute atomic E-state index is 0.316. The summed E-state index contributed by atoms with van der Waals surface area (Å²) < 4.78 is 5.64. The number of ether oxygens (including phenoxy) is 1. The number of nitrogens with one attached hydrogen (secondary N) is 1. The van der Waals surface area contributed by atoms with Gasteiger partial charge in [-0.3, -0.25) is 0 Å². The van der Waals surface area contributed by atoms with E-state index in [1.165, 1.54) is 12.8 Å². The lowest BCUT2D eigenvalue weighted by atomic mass is 10.2. The highest BCUT2D eigenvalue weighted by Gasteiger charge is 2.19. The molecule has 2 rings (SSSR count). The number of hydrogen-bond acceptors (Lipinski definition) is 5. The van der Waals surface area contributed by atoms with Crippen LogP contribution in [0.5, 0.6) is 0 Å². The molecule has 1 aromatic rings. The third-order valence-electron chi connectivity index (χ3n) is 3.21. The molecule has 0 amide bonds. The Morgan fingerprint density at radius 1 is 1.71 bits per heavy atom. The molecule has 0 aromatic carbocycles. The van der Waals surface area contributed by atoms with Gasteiger partial charge in [0.15, 0.2) is 5.13 Å². The molecule has 1 fully saturated rings. The number of likely N-dealkylation sites (N-methyl/N-ethyl adjacent to an activating group) is 1. The molecular weight excluding hydrogens is 234 g/mol. The minimum Gasteiger partial charge on any atom is -0.376 e. The SMILES string of the molecule is CNC(C)c1csc(N(C)CC2CCCO2)n1. The number of thiazole rings is 1. The van der Waals surface area contributed by atoms with E-state index in [2.05, 4.69) is 34.6 Å². The van der Waals surface area contributed by atoms with Crippen LogP contribution in [0.25, 0.3) is 0 Å². The van der Waals surface area contributed by atoms with Crippen molar-refractivity contribution in [1.29, 1.82) is 0 Å². The van der Waals surface area contributed by atoms with Crippen LogP contribution in [0.1, 0.15) is 31.5 Å². The molecule has 1 aromatic heterocycles. The molecular formula is C12H21N3OS. The Hall–Kier alpha value is -0.650. The summed E-state index contributed by atoms with van der Waals surface area (Å²) in [4.78, 5) is 6.85. The second-order valence-electron chi connectivity index (χ2n) is 4.58. The van der Waals surface area contributed by atoms with E-state index in [0.717, 1.165) is 24.0 Å². The molecule has 1 N–H and O–H groups in total. The predicted molar refractivity (Wildman–Crippen MR) is 71.8 cm³/mol.